The summed E-state index contributed by atoms with van der Waals surface area (Å²) in [5, 5.41) is 3.12. The van der Waals surface area contributed by atoms with E-state index in [0.29, 0.717) is 6.42 Å². The molecule has 0 spiro atoms. The molecule has 0 unspecified atom stereocenters. The van der Waals surface area contributed by atoms with Crippen molar-refractivity contribution < 1.29 is 22.4 Å². The first-order valence-electron chi connectivity index (χ1n) is 12.2. The number of sulfonamides is 1. The first kappa shape index (κ1) is 29.1. The second-order valence-electron chi connectivity index (χ2n) is 8.91. The number of carbonyl (C=O) groups is 2. The molecule has 0 aliphatic carbocycles. The quantitative estimate of drug-likeness (QED) is 0.358. The van der Waals surface area contributed by atoms with Gasteiger partial charge in [-0.05, 0) is 56.7 Å². The van der Waals surface area contributed by atoms with Crippen LogP contribution in [0.4, 0.5) is 10.1 Å². The zero-order valence-corrected chi connectivity index (χ0v) is 23.0. The van der Waals surface area contributed by atoms with Crippen LogP contribution in [0.2, 0.25) is 5.02 Å². The van der Waals surface area contributed by atoms with Crippen molar-refractivity contribution in [3.05, 3.63) is 95.3 Å². The van der Waals surface area contributed by atoms with Gasteiger partial charge in [-0.1, -0.05) is 61.0 Å². The lowest BCUT2D eigenvalue weighted by Crippen LogP contribution is -2.52. The molecule has 0 saturated heterocycles. The number of hydrogen-bond acceptors (Lipinski definition) is 4. The summed E-state index contributed by atoms with van der Waals surface area (Å²) in [5.74, 6) is -1.65. The van der Waals surface area contributed by atoms with Crippen LogP contribution < -0.4 is 9.62 Å². The summed E-state index contributed by atoms with van der Waals surface area (Å²) in [6, 6.07) is 18.6. The van der Waals surface area contributed by atoms with Crippen LogP contribution in [0.25, 0.3) is 0 Å². The van der Waals surface area contributed by atoms with E-state index >= 15 is 0 Å². The van der Waals surface area contributed by atoms with E-state index in [9.17, 15) is 22.4 Å². The number of nitrogens with zero attached hydrogens (tertiary/aromatic N) is 2. The SMILES string of the molecule is CC[C@H](C)NC(=O)[C@H](C)N(Cc1ccccc1F)C(=O)CN(c1cccc(Cl)c1)S(=O)(=O)c1ccccc1. The molecule has 2 atom stereocenters. The molecule has 202 valence electrons. The Morgan fingerprint density at radius 2 is 1.63 bits per heavy atom. The Morgan fingerprint density at radius 3 is 2.26 bits per heavy atom. The van der Waals surface area contributed by atoms with Gasteiger partial charge in [-0.2, -0.15) is 0 Å². The van der Waals surface area contributed by atoms with Gasteiger partial charge in [-0.25, -0.2) is 12.8 Å². The minimum atomic E-state index is -4.20. The Morgan fingerprint density at radius 1 is 0.974 bits per heavy atom. The molecule has 0 bridgehead atoms. The van der Waals surface area contributed by atoms with Crippen molar-refractivity contribution >= 4 is 39.1 Å². The fraction of sp³-hybridized carbons (Fsp3) is 0.286. The number of anilines is 1. The highest BCUT2D eigenvalue weighted by Crippen LogP contribution is 2.27. The Bertz CT molecular complexity index is 1370. The summed E-state index contributed by atoms with van der Waals surface area (Å²) in [7, 11) is -4.20. The van der Waals surface area contributed by atoms with Gasteiger partial charge in [-0.3, -0.25) is 13.9 Å². The normalized spacial score (nSPS) is 12.9. The van der Waals surface area contributed by atoms with Gasteiger partial charge < -0.3 is 10.2 Å². The maximum Gasteiger partial charge on any atom is 0.264 e. The molecule has 0 heterocycles. The minimum absolute atomic E-state index is 0.0176. The maximum absolute atomic E-state index is 14.6. The van der Waals surface area contributed by atoms with E-state index in [4.69, 9.17) is 11.6 Å². The van der Waals surface area contributed by atoms with Gasteiger partial charge in [0.1, 0.15) is 18.4 Å². The van der Waals surface area contributed by atoms with E-state index in [1.165, 1.54) is 54.3 Å². The zero-order valence-electron chi connectivity index (χ0n) is 21.5. The third-order valence-electron chi connectivity index (χ3n) is 6.17. The van der Waals surface area contributed by atoms with Crippen LogP contribution in [0.15, 0.2) is 83.8 Å². The standard InChI is InChI=1S/C28H31ClFN3O4S/c1-4-20(2)31-28(35)21(3)32(18-22-11-8-9-16-26(22)30)27(34)19-33(24-13-10-12-23(29)17-24)38(36,37)25-14-6-5-7-15-25/h5-17,20-21H,4,18-19H2,1-3H3,(H,31,35)/t20-,21-/m0/s1. The van der Waals surface area contributed by atoms with Crippen molar-refractivity contribution in [2.45, 2.75) is 50.7 Å². The molecule has 3 rings (SSSR count). The Balaban J connectivity index is 2.03. The van der Waals surface area contributed by atoms with Crippen molar-refractivity contribution in [3.63, 3.8) is 0 Å². The molecular formula is C28H31ClFN3O4S. The van der Waals surface area contributed by atoms with Gasteiger partial charge in [0.2, 0.25) is 11.8 Å². The van der Waals surface area contributed by atoms with E-state index in [1.54, 1.807) is 36.4 Å². The van der Waals surface area contributed by atoms with Crippen molar-refractivity contribution in [2.24, 2.45) is 0 Å². The zero-order chi connectivity index (χ0) is 27.9. The Hall–Kier alpha value is -3.43. The van der Waals surface area contributed by atoms with Crippen LogP contribution in [0.1, 0.15) is 32.8 Å². The van der Waals surface area contributed by atoms with E-state index in [1.807, 2.05) is 13.8 Å². The fourth-order valence-corrected chi connectivity index (χ4v) is 5.35. The minimum Gasteiger partial charge on any atom is -0.352 e. The molecule has 0 fully saturated rings. The van der Waals surface area contributed by atoms with Gasteiger partial charge in [0, 0.05) is 23.2 Å². The van der Waals surface area contributed by atoms with Gasteiger partial charge >= 0.3 is 0 Å². The predicted octanol–water partition coefficient (Wildman–Crippen LogP) is 5.01. The molecule has 0 radical (unpaired) electrons. The number of halogens is 2. The van der Waals surface area contributed by atoms with Crippen molar-refractivity contribution in [3.8, 4) is 0 Å². The molecule has 0 saturated carbocycles. The molecule has 7 nitrogen and oxygen atoms in total. The number of amides is 2. The first-order valence-corrected chi connectivity index (χ1v) is 14.0. The fourth-order valence-electron chi connectivity index (χ4n) is 3.74. The first-order chi connectivity index (χ1) is 18.0. The molecule has 10 heteroatoms. The maximum atomic E-state index is 14.6. The Kier molecular flexibility index (Phi) is 9.88. The number of benzene rings is 3. The van der Waals surface area contributed by atoms with E-state index in [2.05, 4.69) is 5.32 Å². The molecule has 0 aliphatic heterocycles. The average molecular weight is 560 g/mol. The van der Waals surface area contributed by atoms with Crippen molar-refractivity contribution in [1.29, 1.82) is 0 Å². The van der Waals surface area contributed by atoms with Crippen LogP contribution in [-0.4, -0.2) is 43.8 Å². The summed E-state index contributed by atoms with van der Waals surface area (Å²) in [4.78, 5) is 28.0. The lowest BCUT2D eigenvalue weighted by molar-refractivity contribution is -0.139. The molecular weight excluding hydrogens is 529 g/mol. The monoisotopic (exact) mass is 559 g/mol. The molecule has 3 aromatic carbocycles. The van der Waals surface area contributed by atoms with Crippen molar-refractivity contribution in [2.75, 3.05) is 10.8 Å². The highest BCUT2D eigenvalue weighted by molar-refractivity contribution is 7.92. The average Bonchev–Trinajstić information content (AvgIpc) is 2.91. The second-order valence-corrected chi connectivity index (χ2v) is 11.2. The van der Waals surface area contributed by atoms with Gasteiger partial charge in [-0.15, -0.1) is 0 Å². The van der Waals surface area contributed by atoms with E-state index in [0.717, 1.165) is 4.31 Å². The molecule has 3 aromatic rings. The number of hydrogen-bond donors (Lipinski definition) is 1. The lowest BCUT2D eigenvalue weighted by Gasteiger charge is -2.32. The summed E-state index contributed by atoms with van der Waals surface area (Å²) in [5.41, 5.74) is 0.376. The Labute approximate surface area is 228 Å². The van der Waals surface area contributed by atoms with Crippen molar-refractivity contribution in [1.82, 2.24) is 10.2 Å². The predicted molar refractivity (Wildman–Crippen MR) is 147 cm³/mol. The highest BCUT2D eigenvalue weighted by Gasteiger charge is 2.33. The topological polar surface area (TPSA) is 86.8 Å². The molecule has 0 aliphatic rings. The third kappa shape index (κ3) is 7.11. The molecule has 38 heavy (non-hydrogen) atoms. The van der Waals surface area contributed by atoms with E-state index < -0.39 is 40.2 Å². The number of carbonyl (C=O) groups excluding carboxylic acids is 2. The summed E-state index contributed by atoms with van der Waals surface area (Å²) in [6.07, 6.45) is 0.678. The van der Waals surface area contributed by atoms with Gasteiger partial charge in [0.05, 0.1) is 10.6 Å². The summed E-state index contributed by atoms with van der Waals surface area (Å²) >= 11 is 6.15. The van der Waals surface area contributed by atoms with Crippen LogP contribution in [0.5, 0.6) is 0 Å². The molecule has 0 aromatic heterocycles. The summed E-state index contributed by atoms with van der Waals surface area (Å²) in [6.45, 7) is 4.42. The number of nitrogens with one attached hydrogen (secondary N) is 1. The smallest absolute Gasteiger partial charge is 0.264 e. The van der Waals surface area contributed by atoms with Crippen LogP contribution >= 0.6 is 11.6 Å². The van der Waals surface area contributed by atoms with Gasteiger partial charge in [0.25, 0.3) is 10.0 Å². The van der Waals surface area contributed by atoms with Crippen LogP contribution in [-0.2, 0) is 26.2 Å². The number of rotatable bonds is 11. The van der Waals surface area contributed by atoms with Crippen LogP contribution in [0.3, 0.4) is 0 Å². The summed E-state index contributed by atoms with van der Waals surface area (Å²) < 4.78 is 42.9. The van der Waals surface area contributed by atoms with Gasteiger partial charge in [0.15, 0.2) is 0 Å². The third-order valence-corrected chi connectivity index (χ3v) is 8.20. The van der Waals surface area contributed by atoms with E-state index in [-0.39, 0.29) is 33.8 Å². The molecule has 2 amide bonds. The second kappa shape index (κ2) is 12.9. The largest absolute Gasteiger partial charge is 0.352 e. The highest BCUT2D eigenvalue weighted by atomic mass is 35.5. The van der Waals surface area contributed by atoms with Crippen LogP contribution in [0, 0.1) is 5.82 Å². The molecule has 1 N–H and O–H groups in total. The lowest BCUT2D eigenvalue weighted by atomic mass is 10.1.